The Morgan fingerprint density at radius 1 is 1.29 bits per heavy atom. The smallest absolute Gasteiger partial charge is 0.164 e. The Morgan fingerprint density at radius 3 is 2.64 bits per heavy atom. The van der Waals surface area contributed by atoms with E-state index in [0.29, 0.717) is 0 Å². The van der Waals surface area contributed by atoms with E-state index in [1.807, 2.05) is 26.0 Å². The first-order chi connectivity index (χ1) is 6.53. The van der Waals surface area contributed by atoms with Gasteiger partial charge in [0.1, 0.15) is 12.2 Å². The van der Waals surface area contributed by atoms with Crippen molar-refractivity contribution in [2.75, 3.05) is 0 Å². The molecule has 0 amide bonds. The highest BCUT2D eigenvalue weighted by atomic mass is 16.8. The molecular weight excluding hydrogens is 180 g/mol. The van der Waals surface area contributed by atoms with Gasteiger partial charge in [-0.2, -0.15) is 0 Å². The van der Waals surface area contributed by atoms with Crippen molar-refractivity contribution < 1.29 is 14.6 Å². The summed E-state index contributed by atoms with van der Waals surface area (Å²) in [5, 5.41) is 10.0. The Labute approximate surface area is 84.7 Å². The zero-order valence-corrected chi connectivity index (χ0v) is 8.93. The minimum absolute atomic E-state index is 0.0807. The highest BCUT2D eigenvalue weighted by Gasteiger charge is 2.46. The molecule has 1 aliphatic heterocycles. The van der Waals surface area contributed by atoms with Crippen molar-refractivity contribution in [2.24, 2.45) is 5.92 Å². The van der Waals surface area contributed by atoms with Crippen LogP contribution in [0.3, 0.4) is 0 Å². The highest BCUT2D eigenvalue weighted by molar-refractivity contribution is 5.10. The minimum atomic E-state index is -0.566. The van der Waals surface area contributed by atoms with Crippen LogP contribution < -0.4 is 0 Å². The van der Waals surface area contributed by atoms with Gasteiger partial charge in [-0.3, -0.25) is 0 Å². The molecule has 3 nitrogen and oxygen atoms in total. The zero-order chi connectivity index (χ0) is 10.3. The molecule has 1 aliphatic carbocycles. The van der Waals surface area contributed by atoms with Gasteiger partial charge < -0.3 is 14.6 Å². The molecule has 4 atom stereocenters. The fourth-order valence-corrected chi connectivity index (χ4v) is 2.22. The van der Waals surface area contributed by atoms with Crippen molar-refractivity contribution in [1.29, 1.82) is 0 Å². The van der Waals surface area contributed by atoms with Crippen LogP contribution in [-0.4, -0.2) is 29.2 Å². The molecule has 3 heteroatoms. The quantitative estimate of drug-likeness (QED) is 0.648. The maximum absolute atomic E-state index is 10.0. The van der Waals surface area contributed by atoms with E-state index in [0.717, 1.165) is 6.42 Å². The summed E-state index contributed by atoms with van der Waals surface area (Å²) in [6, 6.07) is 0. The second-order valence-electron chi connectivity index (χ2n) is 4.51. The van der Waals surface area contributed by atoms with Gasteiger partial charge in [-0.25, -0.2) is 0 Å². The molecule has 0 aromatic carbocycles. The molecule has 1 saturated heterocycles. The van der Waals surface area contributed by atoms with Gasteiger partial charge in [0.15, 0.2) is 5.79 Å². The van der Waals surface area contributed by atoms with Gasteiger partial charge in [0, 0.05) is 5.92 Å². The van der Waals surface area contributed by atoms with Crippen molar-refractivity contribution in [2.45, 2.75) is 51.3 Å². The van der Waals surface area contributed by atoms with Gasteiger partial charge in [-0.15, -0.1) is 0 Å². The summed E-state index contributed by atoms with van der Waals surface area (Å²) in [4.78, 5) is 0. The summed E-state index contributed by atoms with van der Waals surface area (Å²) in [7, 11) is 0. The number of fused-ring (bicyclic) bond motifs is 1. The lowest BCUT2D eigenvalue weighted by atomic mass is 9.87. The van der Waals surface area contributed by atoms with Crippen LogP contribution in [0.5, 0.6) is 0 Å². The Hall–Kier alpha value is -0.380. The maximum atomic E-state index is 10.0. The van der Waals surface area contributed by atoms with E-state index in [1.165, 1.54) is 0 Å². The largest absolute Gasteiger partial charge is 0.390 e. The molecule has 0 unspecified atom stereocenters. The summed E-state index contributed by atoms with van der Waals surface area (Å²) in [6.45, 7) is 5.83. The molecule has 2 aliphatic rings. The lowest BCUT2D eigenvalue weighted by molar-refractivity contribution is -0.155. The van der Waals surface area contributed by atoms with Gasteiger partial charge in [-0.1, -0.05) is 19.1 Å². The highest BCUT2D eigenvalue weighted by Crippen LogP contribution is 2.36. The van der Waals surface area contributed by atoms with Crippen LogP contribution in [0.15, 0.2) is 12.2 Å². The molecule has 14 heavy (non-hydrogen) atoms. The van der Waals surface area contributed by atoms with Gasteiger partial charge >= 0.3 is 0 Å². The summed E-state index contributed by atoms with van der Waals surface area (Å²) >= 11 is 0. The first kappa shape index (κ1) is 10.1. The van der Waals surface area contributed by atoms with Gasteiger partial charge in [0.2, 0.25) is 0 Å². The van der Waals surface area contributed by atoms with Crippen molar-refractivity contribution in [1.82, 2.24) is 0 Å². The normalized spacial score (nSPS) is 45.1. The molecule has 0 radical (unpaired) electrons. The fraction of sp³-hybridized carbons (Fsp3) is 0.818. The van der Waals surface area contributed by atoms with E-state index in [9.17, 15) is 5.11 Å². The summed E-state index contributed by atoms with van der Waals surface area (Å²) < 4.78 is 11.3. The first-order valence-electron chi connectivity index (χ1n) is 5.25. The third kappa shape index (κ3) is 1.60. The van der Waals surface area contributed by atoms with Crippen LogP contribution in [0.1, 0.15) is 27.2 Å². The van der Waals surface area contributed by atoms with Gasteiger partial charge in [0.25, 0.3) is 0 Å². The minimum Gasteiger partial charge on any atom is -0.390 e. The second-order valence-corrected chi connectivity index (χ2v) is 4.51. The average molecular weight is 198 g/mol. The summed E-state index contributed by atoms with van der Waals surface area (Å²) in [6.07, 6.45) is 4.28. The predicted molar refractivity (Wildman–Crippen MR) is 52.8 cm³/mol. The summed E-state index contributed by atoms with van der Waals surface area (Å²) in [5.41, 5.74) is 0. The Bertz CT molecular complexity index is 247. The van der Waals surface area contributed by atoms with Crippen molar-refractivity contribution in [3.63, 3.8) is 0 Å². The third-order valence-electron chi connectivity index (χ3n) is 2.96. The molecule has 0 spiro atoms. The van der Waals surface area contributed by atoms with E-state index in [4.69, 9.17) is 9.47 Å². The van der Waals surface area contributed by atoms with E-state index in [2.05, 4.69) is 6.92 Å². The number of aliphatic hydroxyl groups excluding tert-OH is 1. The van der Waals surface area contributed by atoms with Crippen LogP contribution in [0.25, 0.3) is 0 Å². The lowest BCUT2D eigenvalue weighted by Crippen LogP contribution is -2.41. The standard InChI is InChI=1S/C11H18O3/c1-4-7-5-6-8-10(9(7)12)14-11(2,3)13-8/h5-10,12H,4H2,1-3H3/t7-,8+,9+,10+/m1/s1. The molecule has 0 aromatic heterocycles. The maximum Gasteiger partial charge on any atom is 0.164 e. The zero-order valence-electron chi connectivity index (χ0n) is 8.93. The fourth-order valence-electron chi connectivity index (χ4n) is 2.22. The van der Waals surface area contributed by atoms with Crippen LogP contribution in [-0.2, 0) is 9.47 Å². The lowest BCUT2D eigenvalue weighted by Gasteiger charge is -2.29. The van der Waals surface area contributed by atoms with E-state index >= 15 is 0 Å². The number of ether oxygens (including phenoxy) is 2. The molecular formula is C11H18O3. The van der Waals surface area contributed by atoms with E-state index in [-0.39, 0.29) is 18.1 Å². The topological polar surface area (TPSA) is 38.7 Å². The van der Waals surface area contributed by atoms with Crippen LogP contribution in [0, 0.1) is 5.92 Å². The molecule has 2 rings (SSSR count). The van der Waals surface area contributed by atoms with Crippen molar-refractivity contribution in [3.8, 4) is 0 Å². The Morgan fingerprint density at radius 2 is 2.00 bits per heavy atom. The predicted octanol–water partition coefficient (Wildman–Crippen LogP) is 1.46. The molecule has 1 fully saturated rings. The van der Waals surface area contributed by atoms with Crippen molar-refractivity contribution >= 4 is 0 Å². The second kappa shape index (κ2) is 3.33. The molecule has 1 N–H and O–H groups in total. The summed E-state index contributed by atoms with van der Waals surface area (Å²) in [5.74, 6) is -0.364. The molecule has 0 bridgehead atoms. The van der Waals surface area contributed by atoms with Crippen LogP contribution >= 0.6 is 0 Å². The number of rotatable bonds is 1. The van der Waals surface area contributed by atoms with Crippen LogP contribution in [0.2, 0.25) is 0 Å². The molecule has 0 saturated carbocycles. The molecule has 80 valence electrons. The number of aliphatic hydroxyl groups is 1. The van der Waals surface area contributed by atoms with Gasteiger partial charge in [0.05, 0.1) is 6.10 Å². The Kier molecular flexibility index (Phi) is 2.41. The third-order valence-corrected chi connectivity index (χ3v) is 2.96. The van der Waals surface area contributed by atoms with E-state index in [1.54, 1.807) is 0 Å². The van der Waals surface area contributed by atoms with Crippen molar-refractivity contribution in [3.05, 3.63) is 12.2 Å². The number of hydrogen-bond acceptors (Lipinski definition) is 3. The average Bonchev–Trinajstić information content (AvgIpc) is 2.42. The van der Waals surface area contributed by atoms with Gasteiger partial charge in [-0.05, 0) is 20.3 Å². The van der Waals surface area contributed by atoms with Crippen LogP contribution in [0.4, 0.5) is 0 Å². The first-order valence-corrected chi connectivity index (χ1v) is 5.25. The molecule has 0 aromatic rings. The van der Waals surface area contributed by atoms with E-state index < -0.39 is 11.9 Å². The monoisotopic (exact) mass is 198 g/mol. The SMILES string of the molecule is CC[C@@H]1C=C[C@@H]2OC(C)(C)O[C@@H]2[C@H]1O. The number of hydrogen-bond donors (Lipinski definition) is 1. The molecule has 1 heterocycles. The Balaban J connectivity index is 2.16.